The summed E-state index contributed by atoms with van der Waals surface area (Å²) < 4.78 is 6.62. The summed E-state index contributed by atoms with van der Waals surface area (Å²) in [7, 11) is 0. The molecule has 0 radical (unpaired) electrons. The summed E-state index contributed by atoms with van der Waals surface area (Å²) in [4.78, 5) is 40.6. The minimum Gasteiger partial charge on any atom is -0.434 e. The summed E-state index contributed by atoms with van der Waals surface area (Å²) in [6.45, 7) is 6.97. The van der Waals surface area contributed by atoms with Gasteiger partial charge in [-0.3, -0.25) is 14.6 Å². The van der Waals surface area contributed by atoms with Crippen LogP contribution in [-0.2, 0) is 12.8 Å². The van der Waals surface area contributed by atoms with Gasteiger partial charge in [0.05, 0.1) is 15.7 Å². The largest absolute Gasteiger partial charge is 0.434 e. The first-order valence-electron chi connectivity index (χ1n) is 8.78. The third-order valence-corrected chi connectivity index (χ3v) is 5.16. The highest BCUT2D eigenvalue weighted by atomic mass is 35.5. The van der Waals surface area contributed by atoms with E-state index in [0.717, 1.165) is 17.5 Å². The molecule has 0 bridgehead atoms. The first-order valence-corrected chi connectivity index (χ1v) is 9.53. The van der Waals surface area contributed by atoms with Crippen LogP contribution in [0.5, 0.6) is 11.6 Å². The van der Waals surface area contributed by atoms with E-state index in [2.05, 4.69) is 20.1 Å². The average molecular weight is 447 g/mol. The average Bonchev–Trinajstić information content (AvgIpc) is 2.72. The number of benzene rings is 1. The summed E-state index contributed by atoms with van der Waals surface area (Å²) in [6.07, 6.45) is 3.08. The van der Waals surface area contributed by atoms with Crippen LogP contribution in [0.4, 0.5) is 5.82 Å². The van der Waals surface area contributed by atoms with Crippen molar-refractivity contribution in [3.05, 3.63) is 75.9 Å². The third kappa shape index (κ3) is 3.49. The Morgan fingerprint density at radius 2 is 1.73 bits per heavy atom. The predicted octanol–water partition coefficient (Wildman–Crippen LogP) is 2.53. The van der Waals surface area contributed by atoms with Crippen molar-refractivity contribution in [1.29, 1.82) is 0 Å². The van der Waals surface area contributed by atoms with Crippen molar-refractivity contribution in [3.8, 4) is 17.3 Å². The molecule has 2 N–H and O–H groups in total. The zero-order valence-electron chi connectivity index (χ0n) is 15.2. The fourth-order valence-corrected chi connectivity index (χ4v) is 3.77. The van der Waals surface area contributed by atoms with Crippen LogP contribution in [0.2, 0.25) is 10.0 Å². The van der Waals surface area contributed by atoms with Gasteiger partial charge in [-0.15, -0.1) is 9.78 Å². The second-order valence-corrected chi connectivity index (χ2v) is 7.28. The predicted molar refractivity (Wildman–Crippen MR) is 108 cm³/mol. The van der Waals surface area contributed by atoms with Crippen molar-refractivity contribution >= 4 is 29.0 Å². The maximum Gasteiger partial charge on any atom is 0.365 e. The highest BCUT2D eigenvalue weighted by Crippen LogP contribution is 2.39. The molecule has 0 aliphatic heterocycles. The van der Waals surface area contributed by atoms with E-state index >= 15 is 0 Å². The Bertz CT molecular complexity index is 1360. The van der Waals surface area contributed by atoms with Crippen molar-refractivity contribution in [2.24, 2.45) is 0 Å². The van der Waals surface area contributed by atoms with E-state index in [9.17, 15) is 14.4 Å². The number of nitrogens with one attached hydrogen (secondary N) is 2. The van der Waals surface area contributed by atoms with Crippen LogP contribution in [0.15, 0.2) is 26.5 Å². The molecule has 0 saturated carbocycles. The first-order chi connectivity index (χ1) is 14.4. The highest BCUT2D eigenvalue weighted by molar-refractivity contribution is 6.37. The van der Waals surface area contributed by atoms with Crippen LogP contribution in [-0.4, -0.2) is 25.0 Å². The van der Waals surface area contributed by atoms with Crippen LogP contribution < -0.4 is 21.5 Å². The number of aromatic amines is 2. The Kier molecular flexibility index (Phi) is 5.15. The van der Waals surface area contributed by atoms with Gasteiger partial charge in [0.15, 0.2) is 5.75 Å². The molecule has 10 nitrogen and oxygen atoms in total. The van der Waals surface area contributed by atoms with Gasteiger partial charge in [-0.1, -0.05) is 29.8 Å². The van der Waals surface area contributed by atoms with Gasteiger partial charge in [0.1, 0.15) is 0 Å². The number of hydrogen-bond acceptors (Lipinski definition) is 6. The summed E-state index contributed by atoms with van der Waals surface area (Å²) >= 11 is 12.6. The Morgan fingerprint density at radius 1 is 1.07 bits per heavy atom. The van der Waals surface area contributed by atoms with Crippen molar-refractivity contribution in [1.82, 2.24) is 25.0 Å². The topological polar surface area (TPSA) is 127 Å². The lowest BCUT2D eigenvalue weighted by Gasteiger charge is -2.18. The lowest BCUT2D eigenvalue weighted by Crippen LogP contribution is -2.30. The lowest BCUT2D eigenvalue weighted by atomic mass is 9.94. The van der Waals surface area contributed by atoms with Crippen molar-refractivity contribution < 1.29 is 4.74 Å². The van der Waals surface area contributed by atoms with Crippen LogP contribution in [0.1, 0.15) is 24.0 Å². The zero-order chi connectivity index (χ0) is 21.4. The van der Waals surface area contributed by atoms with Gasteiger partial charge < -0.3 is 9.58 Å². The molecular weight excluding hydrogens is 435 g/mol. The van der Waals surface area contributed by atoms with Crippen molar-refractivity contribution in [3.63, 3.8) is 0 Å². The summed E-state index contributed by atoms with van der Waals surface area (Å²) in [6, 6.07) is 2.70. The molecular formula is C18H12Cl2N6O4. The normalized spacial score (nSPS) is 12.8. The lowest BCUT2D eigenvalue weighted by molar-refractivity contribution is 0.440. The molecule has 1 aromatic carbocycles. The number of aromatic nitrogens is 5. The number of fused-ring (bicyclic) bond motifs is 1. The number of halogens is 2. The van der Waals surface area contributed by atoms with Crippen LogP contribution in [0, 0.1) is 6.57 Å². The molecule has 0 spiro atoms. The van der Waals surface area contributed by atoms with E-state index in [1.807, 2.05) is 4.98 Å². The second kappa shape index (κ2) is 7.78. The Balaban J connectivity index is 1.77. The fraction of sp³-hybridized carbons (Fsp3) is 0.222. The number of rotatable bonds is 3. The molecule has 0 fully saturated rings. The van der Waals surface area contributed by atoms with Gasteiger partial charge in [0.2, 0.25) is 5.88 Å². The number of ether oxygens (including phenoxy) is 1. The molecule has 0 unspecified atom stereocenters. The monoisotopic (exact) mass is 446 g/mol. The van der Waals surface area contributed by atoms with Gasteiger partial charge in [-0.05, 0) is 42.9 Å². The molecule has 30 heavy (non-hydrogen) atoms. The van der Waals surface area contributed by atoms with E-state index < -0.39 is 17.1 Å². The first kappa shape index (κ1) is 19.9. The SMILES string of the molecule is [C-]#[N+]c1nn(-c2cc(Cl)c(Oc3n[nH]c(=O)c4c3CCCC4)c(Cl)c2)c(=O)[nH]c1=O. The molecule has 12 heteroatoms. The molecule has 2 heterocycles. The molecule has 0 amide bonds. The van der Waals surface area contributed by atoms with E-state index in [-0.39, 0.29) is 32.9 Å². The Labute approximate surface area is 177 Å². The number of hydrogen-bond donors (Lipinski definition) is 2. The summed E-state index contributed by atoms with van der Waals surface area (Å²) in [5.41, 5.74) is -0.530. The van der Waals surface area contributed by atoms with E-state index in [0.29, 0.717) is 24.0 Å². The van der Waals surface area contributed by atoms with Crippen molar-refractivity contribution in [2.45, 2.75) is 25.7 Å². The minimum absolute atomic E-state index is 0.0410. The van der Waals surface area contributed by atoms with Gasteiger partial charge in [-0.25, -0.2) is 9.89 Å². The Hall–Kier alpha value is -3.42. The van der Waals surface area contributed by atoms with E-state index in [1.54, 1.807) is 0 Å². The zero-order valence-corrected chi connectivity index (χ0v) is 16.7. The quantitative estimate of drug-likeness (QED) is 0.595. The second-order valence-electron chi connectivity index (χ2n) is 6.47. The molecule has 0 atom stereocenters. The van der Waals surface area contributed by atoms with Gasteiger partial charge in [-0.2, -0.15) is 0 Å². The minimum atomic E-state index is -0.891. The van der Waals surface area contributed by atoms with Crippen LogP contribution in [0.25, 0.3) is 10.5 Å². The molecule has 152 valence electrons. The molecule has 1 aliphatic carbocycles. The van der Waals surface area contributed by atoms with Crippen LogP contribution >= 0.6 is 23.2 Å². The van der Waals surface area contributed by atoms with E-state index in [1.165, 1.54) is 12.1 Å². The third-order valence-electron chi connectivity index (χ3n) is 4.60. The van der Waals surface area contributed by atoms with Crippen molar-refractivity contribution in [2.75, 3.05) is 0 Å². The van der Waals surface area contributed by atoms with E-state index in [4.69, 9.17) is 34.5 Å². The van der Waals surface area contributed by atoms with Gasteiger partial charge in [0.25, 0.3) is 11.1 Å². The molecule has 3 aromatic rings. The smallest absolute Gasteiger partial charge is 0.365 e. The number of nitrogens with zero attached hydrogens (tertiary/aromatic N) is 4. The number of H-pyrrole nitrogens is 2. The van der Waals surface area contributed by atoms with Crippen LogP contribution in [0.3, 0.4) is 0 Å². The molecule has 4 rings (SSSR count). The van der Waals surface area contributed by atoms with Gasteiger partial charge >= 0.3 is 11.5 Å². The fourth-order valence-electron chi connectivity index (χ4n) is 3.22. The standard InChI is InChI=1S/C18H12Cl2N6O4/c1-21-14-16(28)22-18(29)26(25-14)8-6-11(19)13(12(20)7-8)30-17-10-5-3-2-4-9(10)15(27)23-24-17/h6-7H,2-5H2,(H,23,27)(H,22,28,29). The maximum atomic E-state index is 12.1. The molecule has 1 aliphatic rings. The maximum absolute atomic E-state index is 12.1. The highest BCUT2D eigenvalue weighted by Gasteiger charge is 2.22. The summed E-state index contributed by atoms with van der Waals surface area (Å²) in [5.74, 6) is -0.223. The molecule has 0 saturated heterocycles. The Morgan fingerprint density at radius 3 is 2.40 bits per heavy atom. The van der Waals surface area contributed by atoms with Gasteiger partial charge in [0, 0.05) is 11.1 Å². The summed E-state index contributed by atoms with van der Waals surface area (Å²) in [5, 5.41) is 10.2. The molecule has 2 aromatic heterocycles.